The van der Waals surface area contributed by atoms with Crippen LogP contribution in [0.1, 0.15) is 11.6 Å². The summed E-state index contributed by atoms with van der Waals surface area (Å²) in [4.78, 5) is 0.0911. The van der Waals surface area contributed by atoms with Gasteiger partial charge in [0.1, 0.15) is 5.75 Å². The average molecular weight is 245 g/mol. The van der Waals surface area contributed by atoms with Gasteiger partial charge in [-0.1, -0.05) is 6.07 Å². The molecule has 0 aliphatic rings. The van der Waals surface area contributed by atoms with Crippen LogP contribution in [0.5, 0.6) is 5.75 Å². The molecule has 0 aromatic heterocycles. The number of aliphatic hydroxyl groups excluding tert-OH is 1. The van der Waals surface area contributed by atoms with Crippen LogP contribution in [0.4, 0.5) is 0 Å². The first-order valence-electron chi connectivity index (χ1n) is 4.65. The Bertz CT molecular complexity index is 470. The van der Waals surface area contributed by atoms with Crippen LogP contribution in [0.15, 0.2) is 23.1 Å². The molecular formula is C10H15NO4S. The fraction of sp³-hybridized carbons (Fsp3) is 0.400. The van der Waals surface area contributed by atoms with Crippen molar-refractivity contribution < 1.29 is 18.3 Å². The van der Waals surface area contributed by atoms with Gasteiger partial charge in [0.2, 0.25) is 0 Å². The van der Waals surface area contributed by atoms with E-state index in [1.54, 1.807) is 12.1 Å². The van der Waals surface area contributed by atoms with E-state index in [1.165, 1.54) is 13.2 Å². The summed E-state index contributed by atoms with van der Waals surface area (Å²) in [6.45, 7) is -0.344. The van der Waals surface area contributed by atoms with Gasteiger partial charge in [-0.15, -0.1) is 0 Å². The summed E-state index contributed by atoms with van der Waals surface area (Å²) in [5.74, 6) is 0.365. The fourth-order valence-corrected chi connectivity index (χ4v) is 2.46. The molecule has 0 saturated heterocycles. The number of benzene rings is 1. The van der Waals surface area contributed by atoms with Crippen LogP contribution in [-0.2, 0) is 9.84 Å². The van der Waals surface area contributed by atoms with Gasteiger partial charge in [-0.05, 0) is 12.1 Å². The lowest BCUT2D eigenvalue weighted by Gasteiger charge is -2.16. The second kappa shape index (κ2) is 4.82. The zero-order chi connectivity index (χ0) is 12.3. The normalized spacial score (nSPS) is 13.5. The van der Waals surface area contributed by atoms with Crippen molar-refractivity contribution in [3.05, 3.63) is 23.8 Å². The quantitative estimate of drug-likeness (QED) is 0.784. The topological polar surface area (TPSA) is 89.6 Å². The van der Waals surface area contributed by atoms with Crippen molar-refractivity contribution in [2.45, 2.75) is 10.9 Å². The molecule has 0 spiro atoms. The molecule has 0 heterocycles. The van der Waals surface area contributed by atoms with Crippen molar-refractivity contribution in [1.82, 2.24) is 0 Å². The molecule has 90 valence electrons. The van der Waals surface area contributed by atoms with Gasteiger partial charge < -0.3 is 15.6 Å². The first-order chi connectivity index (χ1) is 7.41. The third-order valence-corrected chi connectivity index (χ3v) is 3.37. The Morgan fingerprint density at radius 3 is 2.56 bits per heavy atom. The van der Waals surface area contributed by atoms with Crippen LogP contribution in [0.2, 0.25) is 0 Å². The number of rotatable bonds is 4. The lowest BCUT2D eigenvalue weighted by atomic mass is 10.1. The van der Waals surface area contributed by atoms with Crippen molar-refractivity contribution in [3.63, 3.8) is 0 Å². The largest absolute Gasteiger partial charge is 0.496 e. The SMILES string of the molecule is COc1cccc(S(C)(=O)=O)c1C(N)CO. The molecule has 1 aromatic carbocycles. The lowest BCUT2D eigenvalue weighted by Crippen LogP contribution is -2.19. The predicted octanol–water partition coefficient (Wildman–Crippen LogP) is 0.0908. The van der Waals surface area contributed by atoms with Crippen LogP contribution in [0.3, 0.4) is 0 Å². The number of hydrogen-bond acceptors (Lipinski definition) is 5. The van der Waals surface area contributed by atoms with Gasteiger partial charge in [0.25, 0.3) is 0 Å². The highest BCUT2D eigenvalue weighted by atomic mass is 32.2. The fourth-order valence-electron chi connectivity index (χ4n) is 1.48. The van der Waals surface area contributed by atoms with Gasteiger partial charge in [0.15, 0.2) is 9.84 Å². The molecule has 1 rings (SSSR count). The lowest BCUT2D eigenvalue weighted by molar-refractivity contribution is 0.263. The van der Waals surface area contributed by atoms with E-state index in [0.29, 0.717) is 11.3 Å². The molecule has 1 atom stereocenters. The summed E-state index contributed by atoms with van der Waals surface area (Å²) in [7, 11) is -1.97. The van der Waals surface area contributed by atoms with Crippen LogP contribution < -0.4 is 10.5 Å². The molecule has 5 nitrogen and oxygen atoms in total. The molecule has 0 amide bonds. The summed E-state index contributed by atoms with van der Waals surface area (Å²) in [6, 6.07) is 3.85. The molecule has 0 saturated carbocycles. The molecule has 0 fully saturated rings. The van der Waals surface area contributed by atoms with E-state index < -0.39 is 15.9 Å². The maximum absolute atomic E-state index is 11.5. The van der Waals surface area contributed by atoms with Crippen molar-refractivity contribution in [2.75, 3.05) is 20.0 Å². The van der Waals surface area contributed by atoms with E-state index in [4.69, 9.17) is 15.6 Å². The van der Waals surface area contributed by atoms with Gasteiger partial charge in [-0.2, -0.15) is 0 Å². The van der Waals surface area contributed by atoms with Gasteiger partial charge in [-0.3, -0.25) is 0 Å². The first-order valence-corrected chi connectivity index (χ1v) is 6.54. The zero-order valence-corrected chi connectivity index (χ0v) is 9.99. The minimum atomic E-state index is -3.39. The molecular weight excluding hydrogens is 230 g/mol. The molecule has 6 heteroatoms. The van der Waals surface area contributed by atoms with Crippen molar-refractivity contribution in [1.29, 1.82) is 0 Å². The second-order valence-corrected chi connectivity index (χ2v) is 5.42. The van der Waals surface area contributed by atoms with Crippen LogP contribution in [0.25, 0.3) is 0 Å². The summed E-state index contributed by atoms with van der Waals surface area (Å²) in [6.07, 6.45) is 1.09. The summed E-state index contributed by atoms with van der Waals surface area (Å²) < 4.78 is 28.1. The third kappa shape index (κ3) is 2.52. The highest BCUT2D eigenvalue weighted by molar-refractivity contribution is 7.90. The summed E-state index contributed by atoms with van der Waals surface area (Å²) >= 11 is 0. The highest BCUT2D eigenvalue weighted by Crippen LogP contribution is 2.30. The van der Waals surface area contributed by atoms with Crippen molar-refractivity contribution in [2.24, 2.45) is 5.73 Å². The molecule has 0 radical (unpaired) electrons. The number of sulfone groups is 1. The first kappa shape index (κ1) is 13.0. The smallest absolute Gasteiger partial charge is 0.175 e. The summed E-state index contributed by atoms with van der Waals surface area (Å²) in [5.41, 5.74) is 5.99. The number of hydrogen-bond donors (Lipinski definition) is 2. The Hall–Kier alpha value is -1.11. The van der Waals surface area contributed by atoms with Crippen molar-refractivity contribution >= 4 is 9.84 Å². The highest BCUT2D eigenvalue weighted by Gasteiger charge is 2.21. The Balaban J connectivity index is 3.50. The average Bonchev–Trinajstić information content (AvgIpc) is 2.25. The minimum absolute atomic E-state index is 0.0911. The van der Waals surface area contributed by atoms with Crippen LogP contribution >= 0.6 is 0 Å². The number of aliphatic hydroxyl groups is 1. The van der Waals surface area contributed by atoms with Gasteiger partial charge >= 0.3 is 0 Å². The molecule has 0 bridgehead atoms. The Morgan fingerprint density at radius 2 is 2.12 bits per heavy atom. The van der Waals surface area contributed by atoms with E-state index in [0.717, 1.165) is 6.26 Å². The third-order valence-electron chi connectivity index (χ3n) is 2.21. The maximum atomic E-state index is 11.5. The van der Waals surface area contributed by atoms with Gasteiger partial charge in [0.05, 0.1) is 24.7 Å². The molecule has 1 aromatic rings. The Kier molecular flexibility index (Phi) is 3.90. The Morgan fingerprint density at radius 1 is 1.50 bits per heavy atom. The monoisotopic (exact) mass is 245 g/mol. The number of nitrogens with two attached hydrogens (primary N) is 1. The van der Waals surface area contributed by atoms with Crippen LogP contribution in [-0.4, -0.2) is 33.5 Å². The van der Waals surface area contributed by atoms with Crippen molar-refractivity contribution in [3.8, 4) is 5.75 Å². The molecule has 16 heavy (non-hydrogen) atoms. The van der Waals surface area contributed by atoms with Gasteiger partial charge in [0, 0.05) is 11.8 Å². The molecule has 1 unspecified atom stereocenters. The molecule has 0 aliphatic carbocycles. The maximum Gasteiger partial charge on any atom is 0.175 e. The predicted molar refractivity (Wildman–Crippen MR) is 60.1 cm³/mol. The molecule has 3 N–H and O–H groups in total. The minimum Gasteiger partial charge on any atom is -0.496 e. The van der Waals surface area contributed by atoms with E-state index in [1.807, 2.05) is 0 Å². The standard InChI is InChI=1S/C10H15NO4S/c1-15-8-4-3-5-9(16(2,13)14)10(8)7(11)6-12/h3-5,7,12H,6,11H2,1-2H3. The van der Waals surface area contributed by atoms with E-state index in [9.17, 15) is 8.42 Å². The van der Waals surface area contributed by atoms with Crippen LogP contribution in [0, 0.1) is 0 Å². The van der Waals surface area contributed by atoms with E-state index in [-0.39, 0.29) is 11.5 Å². The van der Waals surface area contributed by atoms with Gasteiger partial charge in [-0.25, -0.2) is 8.42 Å². The Labute approximate surface area is 94.8 Å². The van der Waals surface area contributed by atoms with E-state index in [2.05, 4.69) is 0 Å². The zero-order valence-electron chi connectivity index (χ0n) is 9.17. The number of ether oxygens (including phenoxy) is 1. The molecule has 0 aliphatic heterocycles. The summed E-state index contributed by atoms with van der Waals surface area (Å²) in [5, 5.41) is 9.02. The number of methoxy groups -OCH3 is 1. The second-order valence-electron chi connectivity index (χ2n) is 3.43. The van der Waals surface area contributed by atoms with E-state index >= 15 is 0 Å².